The van der Waals surface area contributed by atoms with Gasteiger partial charge in [0.2, 0.25) is 0 Å². The first-order valence-corrected chi connectivity index (χ1v) is 4.59. The molecule has 14 heavy (non-hydrogen) atoms. The first-order chi connectivity index (χ1) is 6.41. The lowest BCUT2D eigenvalue weighted by Gasteiger charge is -2.14. The zero-order valence-corrected chi connectivity index (χ0v) is 8.06. The van der Waals surface area contributed by atoms with Crippen LogP contribution in [-0.4, -0.2) is 21.4 Å². The number of nitrogen functional groups attached to an aromatic ring is 1. The van der Waals surface area contributed by atoms with Crippen molar-refractivity contribution in [3.05, 3.63) is 12.4 Å². The molecule has 0 saturated heterocycles. The molecule has 78 valence electrons. The topological polar surface area (TPSA) is 51.8 Å². The van der Waals surface area contributed by atoms with Gasteiger partial charge in [-0.15, -0.1) is 0 Å². The molecule has 1 aromatic rings. The zero-order chi connectivity index (χ0) is 10.8. The average molecular weight is 223 g/mol. The largest absolute Gasteiger partial charge is 0.400 e. The van der Waals surface area contributed by atoms with Gasteiger partial charge in [0.1, 0.15) is 10.3 Å². The molecule has 1 rings (SSSR count). The highest BCUT2D eigenvalue weighted by molar-refractivity contribution is 8.00. The first-order valence-electron chi connectivity index (χ1n) is 3.71. The summed E-state index contributed by atoms with van der Waals surface area (Å²) in [5.74, 6) is 0.0219. The molecular formula is C7H8F3N3S. The van der Waals surface area contributed by atoms with Crippen molar-refractivity contribution < 1.29 is 13.2 Å². The Bertz CT molecular complexity index is 315. The van der Waals surface area contributed by atoms with Gasteiger partial charge in [0.05, 0.1) is 0 Å². The van der Waals surface area contributed by atoms with E-state index < -0.39 is 11.4 Å². The Hall–Kier alpha value is -0.980. The van der Waals surface area contributed by atoms with Gasteiger partial charge in [-0.25, -0.2) is 9.97 Å². The lowest BCUT2D eigenvalue weighted by atomic mass is 10.5. The normalized spacial score (nSPS) is 14.0. The van der Waals surface area contributed by atoms with Gasteiger partial charge in [-0.3, -0.25) is 0 Å². The third-order valence-electron chi connectivity index (χ3n) is 1.44. The maximum atomic E-state index is 12.2. The minimum Gasteiger partial charge on any atom is -0.381 e. The maximum absolute atomic E-state index is 12.2. The SMILES string of the molecule is C[C@@H](Sc1nccnc1N)C(F)(F)F. The fourth-order valence-electron chi connectivity index (χ4n) is 0.661. The molecule has 0 bridgehead atoms. The Balaban J connectivity index is 2.75. The van der Waals surface area contributed by atoms with E-state index in [9.17, 15) is 13.2 Å². The summed E-state index contributed by atoms with van der Waals surface area (Å²) in [7, 11) is 0. The van der Waals surface area contributed by atoms with Crippen LogP contribution in [0, 0.1) is 0 Å². The van der Waals surface area contributed by atoms with Crippen LogP contribution in [-0.2, 0) is 0 Å². The summed E-state index contributed by atoms with van der Waals surface area (Å²) < 4.78 is 36.5. The van der Waals surface area contributed by atoms with Crippen LogP contribution in [0.2, 0.25) is 0 Å². The molecule has 1 aromatic heterocycles. The predicted molar refractivity (Wildman–Crippen MR) is 47.8 cm³/mol. The highest BCUT2D eigenvalue weighted by atomic mass is 32.2. The van der Waals surface area contributed by atoms with E-state index in [-0.39, 0.29) is 10.8 Å². The quantitative estimate of drug-likeness (QED) is 0.780. The number of aromatic nitrogens is 2. The Labute approximate surface area is 82.9 Å². The van der Waals surface area contributed by atoms with E-state index in [2.05, 4.69) is 9.97 Å². The molecule has 1 heterocycles. The predicted octanol–water partition coefficient (Wildman–Crippen LogP) is 2.10. The molecule has 0 aliphatic carbocycles. The van der Waals surface area contributed by atoms with Crippen LogP contribution >= 0.6 is 11.8 Å². The van der Waals surface area contributed by atoms with E-state index in [1.165, 1.54) is 12.4 Å². The standard InChI is InChI=1S/C7H8F3N3S/c1-4(7(8,9)10)14-6-5(11)12-2-3-13-6/h2-4H,1H3,(H2,11,12)/t4-/m1/s1. The lowest BCUT2D eigenvalue weighted by molar-refractivity contribution is -0.125. The number of alkyl halides is 3. The molecule has 0 unspecified atom stereocenters. The molecular weight excluding hydrogens is 215 g/mol. The molecule has 0 amide bonds. The van der Waals surface area contributed by atoms with E-state index >= 15 is 0 Å². The highest BCUT2D eigenvalue weighted by Gasteiger charge is 2.37. The van der Waals surface area contributed by atoms with Crippen molar-refractivity contribution >= 4 is 17.6 Å². The Morgan fingerprint density at radius 1 is 1.36 bits per heavy atom. The average Bonchev–Trinajstić information content (AvgIpc) is 2.07. The van der Waals surface area contributed by atoms with Crippen molar-refractivity contribution in [3.63, 3.8) is 0 Å². The van der Waals surface area contributed by atoms with E-state index in [4.69, 9.17) is 5.73 Å². The molecule has 0 aromatic carbocycles. The maximum Gasteiger partial charge on any atom is 0.400 e. The summed E-state index contributed by atoms with van der Waals surface area (Å²) in [6.45, 7) is 1.05. The van der Waals surface area contributed by atoms with Crippen LogP contribution in [0.3, 0.4) is 0 Å². The van der Waals surface area contributed by atoms with Crippen molar-refractivity contribution in [1.82, 2.24) is 9.97 Å². The fraction of sp³-hybridized carbons (Fsp3) is 0.429. The number of hydrogen-bond acceptors (Lipinski definition) is 4. The minimum atomic E-state index is -4.26. The third-order valence-corrected chi connectivity index (χ3v) is 2.60. The number of rotatable bonds is 2. The number of nitrogens with zero attached hydrogens (tertiary/aromatic N) is 2. The molecule has 7 heteroatoms. The smallest absolute Gasteiger partial charge is 0.381 e. The molecule has 0 radical (unpaired) electrons. The number of nitrogens with two attached hydrogens (primary N) is 1. The molecule has 1 atom stereocenters. The van der Waals surface area contributed by atoms with E-state index in [0.717, 1.165) is 6.92 Å². The summed E-state index contributed by atoms with van der Waals surface area (Å²) >= 11 is 0.554. The van der Waals surface area contributed by atoms with Gasteiger partial charge in [-0.1, -0.05) is 11.8 Å². The van der Waals surface area contributed by atoms with Gasteiger partial charge in [0, 0.05) is 12.4 Å². The molecule has 2 N–H and O–H groups in total. The van der Waals surface area contributed by atoms with E-state index in [0.29, 0.717) is 11.8 Å². The monoisotopic (exact) mass is 223 g/mol. The highest BCUT2D eigenvalue weighted by Crippen LogP contribution is 2.35. The molecule has 0 aliphatic heterocycles. The Morgan fingerprint density at radius 3 is 2.43 bits per heavy atom. The summed E-state index contributed by atoms with van der Waals surface area (Å²) in [6, 6.07) is 0. The van der Waals surface area contributed by atoms with Crippen LogP contribution in [0.5, 0.6) is 0 Å². The van der Waals surface area contributed by atoms with E-state index in [1.807, 2.05) is 0 Å². The van der Waals surface area contributed by atoms with Crippen LogP contribution in [0.15, 0.2) is 17.4 Å². The summed E-state index contributed by atoms with van der Waals surface area (Å²) in [5, 5.41) is -1.43. The van der Waals surface area contributed by atoms with Crippen LogP contribution in [0.25, 0.3) is 0 Å². The van der Waals surface area contributed by atoms with Crippen LogP contribution in [0.1, 0.15) is 6.92 Å². The van der Waals surface area contributed by atoms with Crippen molar-refractivity contribution in [3.8, 4) is 0 Å². The van der Waals surface area contributed by atoms with Crippen LogP contribution < -0.4 is 5.73 Å². The number of thioether (sulfide) groups is 1. The van der Waals surface area contributed by atoms with Gasteiger partial charge in [-0.2, -0.15) is 13.2 Å². The second-order valence-electron chi connectivity index (χ2n) is 2.55. The summed E-state index contributed by atoms with van der Waals surface area (Å²) in [5.41, 5.74) is 5.35. The molecule has 0 fully saturated rings. The molecule has 0 saturated carbocycles. The Kier molecular flexibility index (Phi) is 3.20. The third kappa shape index (κ3) is 2.76. The second kappa shape index (κ2) is 4.04. The van der Waals surface area contributed by atoms with Crippen LogP contribution in [0.4, 0.5) is 19.0 Å². The van der Waals surface area contributed by atoms with Crippen molar-refractivity contribution in [2.24, 2.45) is 0 Å². The van der Waals surface area contributed by atoms with Crippen molar-refractivity contribution in [2.75, 3.05) is 5.73 Å². The van der Waals surface area contributed by atoms with Gasteiger partial charge < -0.3 is 5.73 Å². The van der Waals surface area contributed by atoms with Crippen molar-refractivity contribution in [1.29, 1.82) is 0 Å². The minimum absolute atomic E-state index is 0.0219. The Morgan fingerprint density at radius 2 is 1.93 bits per heavy atom. The number of halogens is 3. The number of hydrogen-bond donors (Lipinski definition) is 1. The first kappa shape index (κ1) is 11.1. The van der Waals surface area contributed by atoms with Crippen molar-refractivity contribution in [2.45, 2.75) is 23.4 Å². The number of anilines is 1. The van der Waals surface area contributed by atoms with E-state index in [1.54, 1.807) is 0 Å². The second-order valence-corrected chi connectivity index (χ2v) is 3.88. The fourth-order valence-corrected chi connectivity index (χ4v) is 1.42. The van der Waals surface area contributed by atoms with Gasteiger partial charge in [-0.05, 0) is 6.92 Å². The molecule has 0 aliphatic rings. The summed E-state index contributed by atoms with van der Waals surface area (Å²) in [4.78, 5) is 7.35. The van der Waals surface area contributed by atoms with Gasteiger partial charge >= 0.3 is 6.18 Å². The molecule has 3 nitrogen and oxygen atoms in total. The molecule has 0 spiro atoms. The van der Waals surface area contributed by atoms with Gasteiger partial charge in [0.15, 0.2) is 5.82 Å². The van der Waals surface area contributed by atoms with Gasteiger partial charge in [0.25, 0.3) is 0 Å². The zero-order valence-electron chi connectivity index (χ0n) is 7.25. The summed E-state index contributed by atoms with van der Waals surface area (Å²) in [6.07, 6.45) is -1.62. The lowest BCUT2D eigenvalue weighted by Crippen LogP contribution is -2.22.